The zero-order valence-electron chi connectivity index (χ0n) is 10.3. The number of nitrogens with zero attached hydrogens (tertiary/aromatic N) is 1. The lowest BCUT2D eigenvalue weighted by molar-refractivity contribution is -0.121. The Morgan fingerprint density at radius 2 is 2.00 bits per heavy atom. The number of hydrogen-bond donors (Lipinski definition) is 2. The summed E-state index contributed by atoms with van der Waals surface area (Å²) in [4.78, 5) is 35.3. The van der Waals surface area contributed by atoms with E-state index in [-0.39, 0.29) is 25.1 Å². The smallest absolute Gasteiger partial charge is 0.299 e. The summed E-state index contributed by atoms with van der Waals surface area (Å²) in [6.07, 6.45) is 0.237. The third kappa shape index (κ3) is 2.37. The number of carbonyl (C=O) groups is 3. The van der Waals surface area contributed by atoms with Crippen molar-refractivity contribution in [1.82, 2.24) is 5.43 Å². The Kier molecular flexibility index (Phi) is 3.75. The van der Waals surface area contributed by atoms with E-state index in [1.807, 2.05) is 5.43 Å². The SMILES string of the molecule is NNC(=O)CCCN1C(=O)C(=O)c2c(F)cc(F)cc21. The molecule has 20 heavy (non-hydrogen) atoms. The molecule has 0 atom stereocenters. The van der Waals surface area contributed by atoms with E-state index in [1.165, 1.54) is 0 Å². The van der Waals surface area contributed by atoms with Crippen LogP contribution >= 0.6 is 0 Å². The van der Waals surface area contributed by atoms with Crippen LogP contribution in [0.15, 0.2) is 12.1 Å². The molecule has 0 unspecified atom stereocenters. The molecule has 6 nitrogen and oxygen atoms in total. The van der Waals surface area contributed by atoms with Gasteiger partial charge in [0.25, 0.3) is 11.7 Å². The molecule has 3 N–H and O–H groups in total. The summed E-state index contributed by atoms with van der Waals surface area (Å²) >= 11 is 0. The third-order valence-electron chi connectivity index (χ3n) is 2.94. The van der Waals surface area contributed by atoms with E-state index in [4.69, 9.17) is 5.84 Å². The first kappa shape index (κ1) is 14.1. The van der Waals surface area contributed by atoms with Crippen molar-refractivity contribution in [3.05, 3.63) is 29.3 Å². The first-order valence-electron chi connectivity index (χ1n) is 5.80. The molecule has 1 heterocycles. The second kappa shape index (κ2) is 5.33. The third-order valence-corrected chi connectivity index (χ3v) is 2.94. The van der Waals surface area contributed by atoms with Crippen LogP contribution in [-0.4, -0.2) is 24.1 Å². The van der Waals surface area contributed by atoms with Crippen LogP contribution in [0, 0.1) is 11.6 Å². The molecule has 0 saturated carbocycles. The molecular weight excluding hydrogens is 272 g/mol. The molecule has 1 aromatic carbocycles. The first-order valence-corrected chi connectivity index (χ1v) is 5.80. The maximum atomic E-state index is 13.5. The highest BCUT2D eigenvalue weighted by Crippen LogP contribution is 2.32. The number of rotatable bonds is 4. The van der Waals surface area contributed by atoms with Crippen LogP contribution in [0.1, 0.15) is 23.2 Å². The fraction of sp³-hybridized carbons (Fsp3) is 0.250. The van der Waals surface area contributed by atoms with E-state index < -0.39 is 34.8 Å². The summed E-state index contributed by atoms with van der Waals surface area (Å²) in [6.45, 7) is -0.00606. The van der Waals surface area contributed by atoms with E-state index in [2.05, 4.69) is 0 Å². The Balaban J connectivity index is 2.22. The largest absolute Gasteiger partial charge is 0.305 e. The molecule has 106 valence electrons. The number of carbonyl (C=O) groups excluding carboxylic acids is 3. The number of anilines is 1. The van der Waals surface area contributed by atoms with Crippen molar-refractivity contribution in [1.29, 1.82) is 0 Å². The normalized spacial score (nSPS) is 13.7. The molecule has 0 fully saturated rings. The van der Waals surface area contributed by atoms with Gasteiger partial charge in [-0.3, -0.25) is 19.8 Å². The fourth-order valence-corrected chi connectivity index (χ4v) is 2.03. The molecule has 0 spiro atoms. The summed E-state index contributed by atoms with van der Waals surface area (Å²) in [5, 5.41) is 0. The molecular formula is C12H11F2N3O3. The second-order valence-corrected chi connectivity index (χ2v) is 4.24. The van der Waals surface area contributed by atoms with Gasteiger partial charge >= 0.3 is 0 Å². The standard InChI is InChI=1S/C12H11F2N3O3/c13-6-4-7(14)10-8(5-6)17(12(20)11(10)19)3-1-2-9(18)16-15/h4-5H,1-3,15H2,(H,16,18). The molecule has 1 aromatic rings. The molecule has 0 aromatic heterocycles. The average molecular weight is 283 g/mol. The lowest BCUT2D eigenvalue weighted by atomic mass is 10.1. The predicted molar refractivity (Wildman–Crippen MR) is 64.6 cm³/mol. The molecule has 1 aliphatic rings. The van der Waals surface area contributed by atoms with Gasteiger partial charge in [0.2, 0.25) is 5.91 Å². The number of Topliss-reactive ketones (excluding diaryl/α,β-unsaturated/α-hetero) is 1. The van der Waals surface area contributed by atoms with Crippen molar-refractivity contribution < 1.29 is 23.2 Å². The summed E-state index contributed by atoms with van der Waals surface area (Å²) < 4.78 is 26.7. The number of hydrogen-bond acceptors (Lipinski definition) is 4. The number of hydrazine groups is 1. The van der Waals surface area contributed by atoms with Gasteiger partial charge < -0.3 is 4.90 Å². The van der Waals surface area contributed by atoms with Gasteiger partial charge in [-0.1, -0.05) is 0 Å². The van der Waals surface area contributed by atoms with Gasteiger partial charge in [-0.2, -0.15) is 0 Å². The summed E-state index contributed by atoms with van der Waals surface area (Å²) in [5.41, 5.74) is 1.38. The molecule has 2 rings (SSSR count). The van der Waals surface area contributed by atoms with Gasteiger partial charge in [-0.25, -0.2) is 14.6 Å². The molecule has 0 bridgehead atoms. The molecule has 2 amide bonds. The van der Waals surface area contributed by atoms with Crippen molar-refractivity contribution in [3.63, 3.8) is 0 Å². The topological polar surface area (TPSA) is 92.5 Å². The Morgan fingerprint density at radius 3 is 2.65 bits per heavy atom. The molecule has 8 heteroatoms. The van der Waals surface area contributed by atoms with Gasteiger partial charge in [-0.15, -0.1) is 0 Å². The Labute approximate surface area is 112 Å². The highest BCUT2D eigenvalue weighted by atomic mass is 19.1. The zero-order valence-corrected chi connectivity index (χ0v) is 10.3. The number of fused-ring (bicyclic) bond motifs is 1. The van der Waals surface area contributed by atoms with Gasteiger partial charge in [0, 0.05) is 19.0 Å². The molecule has 0 aliphatic carbocycles. The van der Waals surface area contributed by atoms with E-state index in [0.717, 1.165) is 11.0 Å². The van der Waals surface area contributed by atoms with Crippen LogP contribution in [0.3, 0.4) is 0 Å². The van der Waals surface area contributed by atoms with Gasteiger partial charge in [0.1, 0.15) is 11.6 Å². The minimum absolute atomic E-state index is 0.00606. The van der Waals surface area contributed by atoms with Gasteiger partial charge in [0.05, 0.1) is 11.3 Å². The fourth-order valence-electron chi connectivity index (χ4n) is 2.03. The molecule has 0 saturated heterocycles. The number of nitrogens with one attached hydrogen (secondary N) is 1. The number of benzene rings is 1. The van der Waals surface area contributed by atoms with Crippen molar-refractivity contribution in [2.75, 3.05) is 11.4 Å². The minimum Gasteiger partial charge on any atom is -0.305 e. The summed E-state index contributed by atoms with van der Waals surface area (Å²) in [5.74, 6) is 0.566. The lowest BCUT2D eigenvalue weighted by Gasteiger charge is -2.16. The van der Waals surface area contributed by atoms with Crippen LogP contribution in [0.5, 0.6) is 0 Å². The van der Waals surface area contributed by atoms with Gasteiger partial charge in [0.15, 0.2) is 0 Å². The number of ketones is 1. The van der Waals surface area contributed by atoms with E-state index in [1.54, 1.807) is 0 Å². The maximum Gasteiger partial charge on any atom is 0.299 e. The Morgan fingerprint density at radius 1 is 1.30 bits per heavy atom. The highest BCUT2D eigenvalue weighted by molar-refractivity contribution is 6.52. The van der Waals surface area contributed by atoms with E-state index in [9.17, 15) is 23.2 Å². The van der Waals surface area contributed by atoms with Crippen LogP contribution in [0.4, 0.5) is 14.5 Å². The lowest BCUT2D eigenvalue weighted by Crippen LogP contribution is -2.33. The van der Waals surface area contributed by atoms with Gasteiger partial charge in [-0.05, 0) is 12.5 Å². The minimum atomic E-state index is -1.07. The van der Waals surface area contributed by atoms with Crippen LogP contribution in [0.25, 0.3) is 0 Å². The quantitative estimate of drug-likeness (QED) is 0.359. The Hall–Kier alpha value is -2.35. The van der Waals surface area contributed by atoms with Crippen molar-refractivity contribution >= 4 is 23.3 Å². The number of nitrogens with two attached hydrogens (primary N) is 1. The molecule has 0 radical (unpaired) electrons. The van der Waals surface area contributed by atoms with Crippen LogP contribution in [0.2, 0.25) is 0 Å². The zero-order chi connectivity index (χ0) is 14.9. The first-order chi connectivity index (χ1) is 9.45. The van der Waals surface area contributed by atoms with Crippen LogP contribution < -0.4 is 16.2 Å². The summed E-state index contributed by atoms with van der Waals surface area (Å²) in [7, 11) is 0. The second-order valence-electron chi connectivity index (χ2n) is 4.24. The molecule has 1 aliphatic heterocycles. The Bertz CT molecular complexity index is 604. The monoisotopic (exact) mass is 283 g/mol. The highest BCUT2D eigenvalue weighted by Gasteiger charge is 2.38. The number of amides is 2. The van der Waals surface area contributed by atoms with E-state index >= 15 is 0 Å². The predicted octanol–water partition coefficient (Wildman–Crippen LogP) is 0.264. The van der Waals surface area contributed by atoms with Crippen molar-refractivity contribution in [2.24, 2.45) is 5.84 Å². The maximum absolute atomic E-state index is 13.5. The van der Waals surface area contributed by atoms with Crippen molar-refractivity contribution in [2.45, 2.75) is 12.8 Å². The van der Waals surface area contributed by atoms with Crippen LogP contribution in [-0.2, 0) is 9.59 Å². The average Bonchev–Trinajstić information content (AvgIpc) is 2.63. The van der Waals surface area contributed by atoms with E-state index in [0.29, 0.717) is 6.07 Å². The summed E-state index contributed by atoms with van der Waals surface area (Å²) in [6, 6.07) is 1.47. The number of halogens is 2. The van der Waals surface area contributed by atoms with Crippen molar-refractivity contribution in [3.8, 4) is 0 Å².